The molecule has 0 aliphatic rings. The zero-order valence-electron chi connectivity index (χ0n) is 16.1. The van der Waals surface area contributed by atoms with E-state index < -0.39 is 0 Å². The van der Waals surface area contributed by atoms with Crippen molar-refractivity contribution in [3.8, 4) is 5.75 Å². The van der Waals surface area contributed by atoms with Crippen LogP contribution in [-0.2, 0) is 6.54 Å². The first-order chi connectivity index (χ1) is 13.2. The summed E-state index contributed by atoms with van der Waals surface area (Å²) in [6, 6.07) is 18.3. The number of aromatic nitrogens is 1. The van der Waals surface area contributed by atoms with Crippen molar-refractivity contribution in [2.75, 3.05) is 13.6 Å². The van der Waals surface area contributed by atoms with E-state index in [9.17, 15) is 0 Å². The van der Waals surface area contributed by atoms with Gasteiger partial charge in [0, 0.05) is 25.2 Å². The molecule has 0 aliphatic carbocycles. The van der Waals surface area contributed by atoms with Crippen LogP contribution >= 0.6 is 0 Å². The lowest BCUT2D eigenvalue weighted by molar-refractivity contribution is 0.222. The number of guanidine groups is 1. The molecule has 2 aromatic carbocycles. The van der Waals surface area contributed by atoms with E-state index in [0.29, 0.717) is 13.1 Å². The minimum absolute atomic E-state index is 0.0175. The Kier molecular flexibility index (Phi) is 6.26. The lowest BCUT2D eigenvalue weighted by Crippen LogP contribution is -2.41. The molecule has 5 heteroatoms. The van der Waals surface area contributed by atoms with Gasteiger partial charge in [0.25, 0.3) is 0 Å². The zero-order valence-corrected chi connectivity index (χ0v) is 16.1. The number of aliphatic imine (C=N–C) groups is 1. The van der Waals surface area contributed by atoms with Gasteiger partial charge >= 0.3 is 0 Å². The van der Waals surface area contributed by atoms with E-state index in [0.717, 1.165) is 33.7 Å². The summed E-state index contributed by atoms with van der Waals surface area (Å²) in [7, 11) is 1.77. The Bertz CT molecular complexity index is 918. The number of nitrogens with zero attached hydrogens (tertiary/aromatic N) is 2. The zero-order chi connectivity index (χ0) is 19.1. The molecule has 0 amide bonds. The maximum atomic E-state index is 6.01. The molecular weight excluding hydrogens is 336 g/mol. The average Bonchev–Trinajstić information content (AvgIpc) is 2.70. The molecule has 0 aliphatic heterocycles. The Hall–Kier alpha value is -3.08. The standard InChI is InChI=1S/C22H26N4O/c1-16-8-4-5-12-20(16)27-17(2)14-25-22(23-3)26-15-19-10-6-9-18-11-7-13-24-21(18)19/h4-13,17H,14-15H2,1-3H3,(H2,23,25,26). The molecule has 1 atom stereocenters. The molecule has 3 rings (SSSR count). The summed E-state index contributed by atoms with van der Waals surface area (Å²) in [5.41, 5.74) is 3.29. The SMILES string of the molecule is CN=C(NCc1cccc2cccnc12)NCC(C)Oc1ccccc1C. The van der Waals surface area contributed by atoms with E-state index in [-0.39, 0.29) is 6.10 Å². The Morgan fingerprint density at radius 1 is 1.07 bits per heavy atom. The van der Waals surface area contributed by atoms with Crippen LogP contribution in [0.15, 0.2) is 65.8 Å². The fraction of sp³-hybridized carbons (Fsp3) is 0.273. The Balaban J connectivity index is 1.54. The third kappa shape index (κ3) is 4.97. The van der Waals surface area contributed by atoms with Gasteiger partial charge < -0.3 is 15.4 Å². The van der Waals surface area contributed by atoms with Crippen LogP contribution in [0, 0.1) is 6.92 Å². The molecule has 1 aromatic heterocycles. The highest BCUT2D eigenvalue weighted by molar-refractivity contribution is 5.83. The molecule has 1 heterocycles. The number of pyridine rings is 1. The van der Waals surface area contributed by atoms with Crippen molar-refractivity contribution in [2.24, 2.45) is 4.99 Å². The molecule has 0 bridgehead atoms. The highest BCUT2D eigenvalue weighted by atomic mass is 16.5. The van der Waals surface area contributed by atoms with Crippen LogP contribution in [0.1, 0.15) is 18.1 Å². The third-order valence-electron chi connectivity index (χ3n) is 4.36. The van der Waals surface area contributed by atoms with Crippen molar-refractivity contribution >= 4 is 16.9 Å². The molecule has 0 radical (unpaired) electrons. The molecule has 0 spiro atoms. The number of rotatable bonds is 6. The Morgan fingerprint density at radius 2 is 1.89 bits per heavy atom. The quantitative estimate of drug-likeness (QED) is 0.519. The van der Waals surface area contributed by atoms with E-state index in [1.54, 1.807) is 7.05 Å². The summed E-state index contributed by atoms with van der Waals surface area (Å²) in [4.78, 5) is 8.79. The third-order valence-corrected chi connectivity index (χ3v) is 4.36. The highest BCUT2D eigenvalue weighted by Crippen LogP contribution is 2.17. The van der Waals surface area contributed by atoms with Crippen LogP contribution in [0.25, 0.3) is 10.9 Å². The molecule has 1 unspecified atom stereocenters. The van der Waals surface area contributed by atoms with E-state index >= 15 is 0 Å². The molecule has 5 nitrogen and oxygen atoms in total. The molecule has 0 saturated carbocycles. The number of fused-ring (bicyclic) bond motifs is 1. The second-order valence-corrected chi connectivity index (χ2v) is 6.49. The van der Waals surface area contributed by atoms with E-state index in [4.69, 9.17) is 4.74 Å². The molecule has 0 saturated heterocycles. The topological polar surface area (TPSA) is 58.5 Å². The van der Waals surface area contributed by atoms with E-state index in [1.807, 2.05) is 50.4 Å². The lowest BCUT2D eigenvalue weighted by atomic mass is 10.1. The van der Waals surface area contributed by atoms with Crippen LogP contribution < -0.4 is 15.4 Å². The monoisotopic (exact) mass is 362 g/mol. The molecule has 3 aromatic rings. The van der Waals surface area contributed by atoms with Crippen molar-refractivity contribution in [3.63, 3.8) is 0 Å². The van der Waals surface area contributed by atoms with E-state index in [2.05, 4.69) is 44.9 Å². The molecule has 27 heavy (non-hydrogen) atoms. The van der Waals surface area contributed by atoms with Gasteiger partial charge in [-0.2, -0.15) is 0 Å². The Morgan fingerprint density at radius 3 is 2.70 bits per heavy atom. The number of hydrogen-bond acceptors (Lipinski definition) is 3. The van der Waals surface area contributed by atoms with Gasteiger partial charge in [0.15, 0.2) is 5.96 Å². The molecular formula is C22H26N4O. The van der Waals surface area contributed by atoms with Crippen LogP contribution in [0.3, 0.4) is 0 Å². The van der Waals surface area contributed by atoms with Crippen molar-refractivity contribution in [1.29, 1.82) is 0 Å². The fourth-order valence-corrected chi connectivity index (χ4v) is 2.90. The Labute approximate surface area is 160 Å². The number of aryl methyl sites for hydroxylation is 1. The first-order valence-corrected chi connectivity index (χ1v) is 9.17. The molecule has 140 valence electrons. The fourth-order valence-electron chi connectivity index (χ4n) is 2.90. The highest BCUT2D eigenvalue weighted by Gasteiger charge is 2.08. The first-order valence-electron chi connectivity index (χ1n) is 9.17. The second-order valence-electron chi connectivity index (χ2n) is 6.49. The summed E-state index contributed by atoms with van der Waals surface area (Å²) < 4.78 is 6.01. The van der Waals surface area contributed by atoms with Crippen LogP contribution in [0.4, 0.5) is 0 Å². The van der Waals surface area contributed by atoms with Crippen LogP contribution in [-0.4, -0.2) is 30.6 Å². The van der Waals surface area contributed by atoms with Gasteiger partial charge in [-0.25, -0.2) is 0 Å². The predicted molar refractivity (Wildman–Crippen MR) is 111 cm³/mol. The number of para-hydroxylation sites is 2. The van der Waals surface area contributed by atoms with Crippen molar-refractivity contribution in [3.05, 3.63) is 71.9 Å². The summed E-state index contributed by atoms with van der Waals surface area (Å²) >= 11 is 0. The lowest BCUT2D eigenvalue weighted by Gasteiger charge is -2.19. The maximum Gasteiger partial charge on any atom is 0.191 e. The van der Waals surface area contributed by atoms with E-state index in [1.165, 1.54) is 0 Å². The summed E-state index contributed by atoms with van der Waals surface area (Å²) in [6.45, 7) is 5.40. The summed E-state index contributed by atoms with van der Waals surface area (Å²) in [5.74, 6) is 1.65. The maximum absolute atomic E-state index is 6.01. The number of nitrogens with one attached hydrogen (secondary N) is 2. The van der Waals surface area contributed by atoms with Gasteiger partial charge in [0.1, 0.15) is 11.9 Å². The van der Waals surface area contributed by atoms with Gasteiger partial charge in [0.05, 0.1) is 12.1 Å². The summed E-state index contributed by atoms with van der Waals surface area (Å²) in [6.07, 6.45) is 1.84. The molecule has 2 N–H and O–H groups in total. The number of benzene rings is 2. The minimum atomic E-state index is 0.0175. The van der Waals surface area contributed by atoms with Crippen LogP contribution in [0.2, 0.25) is 0 Å². The van der Waals surface area contributed by atoms with Crippen molar-refractivity contribution in [2.45, 2.75) is 26.5 Å². The first kappa shape index (κ1) is 18.7. The molecule has 0 fully saturated rings. The average molecular weight is 362 g/mol. The van der Waals surface area contributed by atoms with Crippen LogP contribution in [0.5, 0.6) is 5.75 Å². The van der Waals surface area contributed by atoms with Gasteiger partial charge in [-0.05, 0) is 37.1 Å². The smallest absolute Gasteiger partial charge is 0.191 e. The van der Waals surface area contributed by atoms with Gasteiger partial charge in [0.2, 0.25) is 0 Å². The number of ether oxygens (including phenoxy) is 1. The van der Waals surface area contributed by atoms with Crippen molar-refractivity contribution in [1.82, 2.24) is 15.6 Å². The van der Waals surface area contributed by atoms with Gasteiger partial charge in [-0.1, -0.05) is 42.5 Å². The van der Waals surface area contributed by atoms with Gasteiger partial charge in [-0.15, -0.1) is 0 Å². The second kappa shape index (κ2) is 9.03. The minimum Gasteiger partial charge on any atom is -0.489 e. The normalized spacial score (nSPS) is 12.6. The number of hydrogen-bond donors (Lipinski definition) is 2. The summed E-state index contributed by atoms with van der Waals surface area (Å²) in [5, 5.41) is 7.81. The largest absolute Gasteiger partial charge is 0.489 e. The van der Waals surface area contributed by atoms with Crippen molar-refractivity contribution < 1.29 is 4.74 Å². The van der Waals surface area contributed by atoms with Gasteiger partial charge in [-0.3, -0.25) is 9.98 Å². The predicted octanol–water partition coefficient (Wildman–Crippen LogP) is 3.68.